The number of aliphatic carboxylic acids is 1. The van der Waals surface area contributed by atoms with Gasteiger partial charge in [-0.1, -0.05) is 24.6 Å². The van der Waals surface area contributed by atoms with Crippen LogP contribution in [0.25, 0.3) is 0 Å². The molecule has 10 nitrogen and oxygen atoms in total. The Labute approximate surface area is 244 Å². The van der Waals surface area contributed by atoms with Crippen molar-refractivity contribution in [3.8, 4) is 5.75 Å². The van der Waals surface area contributed by atoms with Crippen molar-refractivity contribution in [2.45, 2.75) is 83.0 Å². The van der Waals surface area contributed by atoms with Crippen LogP contribution in [0.1, 0.15) is 76.2 Å². The average Bonchev–Trinajstić information content (AvgIpc) is 3.47. The summed E-state index contributed by atoms with van der Waals surface area (Å²) in [4.78, 5) is 36.6. The molecule has 1 aromatic carbocycles. The van der Waals surface area contributed by atoms with Crippen LogP contribution >= 0.6 is 0 Å². The van der Waals surface area contributed by atoms with Crippen LogP contribution in [0.2, 0.25) is 0 Å². The van der Waals surface area contributed by atoms with Crippen LogP contribution in [-0.4, -0.2) is 62.8 Å². The van der Waals surface area contributed by atoms with Crippen LogP contribution in [-0.2, 0) is 19.1 Å². The number of hydrogen-bond donors (Lipinski definition) is 5. The third-order valence-corrected chi connectivity index (χ3v) is 11.4. The Hall–Kier alpha value is -3.08. The van der Waals surface area contributed by atoms with E-state index in [1.54, 1.807) is 12.1 Å². The molecule has 1 saturated heterocycles. The number of fused-ring (bicyclic) bond motifs is 6. The molecule has 226 valence electrons. The summed E-state index contributed by atoms with van der Waals surface area (Å²) in [6.07, 6.45) is 5.68. The fourth-order valence-electron chi connectivity index (χ4n) is 9.60. The number of amides is 1. The molecule has 1 spiro atoms. The molecule has 1 aliphatic heterocycles. The van der Waals surface area contributed by atoms with E-state index in [4.69, 9.17) is 4.74 Å². The van der Waals surface area contributed by atoms with Gasteiger partial charge in [0, 0.05) is 30.1 Å². The van der Waals surface area contributed by atoms with E-state index in [0.29, 0.717) is 36.5 Å². The number of aliphatic hydroxyl groups excluding tert-OH is 2. The minimum absolute atomic E-state index is 0.0474. The van der Waals surface area contributed by atoms with Gasteiger partial charge < -0.3 is 25.2 Å². The number of nitrogens with one attached hydrogen (secondary N) is 1. The molecule has 1 heterocycles. The molecule has 6 rings (SSSR count). The van der Waals surface area contributed by atoms with Crippen molar-refractivity contribution in [1.82, 2.24) is 5.43 Å². The highest BCUT2D eigenvalue weighted by atomic mass is 16.6. The normalized spacial score (nSPS) is 37.7. The van der Waals surface area contributed by atoms with E-state index in [-0.39, 0.29) is 60.3 Å². The average molecular weight is 581 g/mol. The van der Waals surface area contributed by atoms with Gasteiger partial charge in [0.05, 0.1) is 24.8 Å². The number of carboxylic acid groups (broad SMARTS) is 1. The van der Waals surface area contributed by atoms with Gasteiger partial charge in [0.2, 0.25) is 5.91 Å². The maximum absolute atomic E-state index is 12.9. The topological polar surface area (TPSA) is 166 Å². The van der Waals surface area contributed by atoms with Gasteiger partial charge in [-0.15, -0.1) is 0 Å². The fraction of sp³-hybridized carbons (Fsp3) is 0.625. The van der Waals surface area contributed by atoms with Crippen LogP contribution in [0.15, 0.2) is 41.0 Å². The number of aromatic hydroxyl groups is 1. The number of carbonyl (C=O) groups excluding carboxylic acids is 2. The lowest BCUT2D eigenvalue weighted by Crippen LogP contribution is -2.55. The zero-order valence-corrected chi connectivity index (χ0v) is 23.9. The zero-order valence-electron chi connectivity index (χ0n) is 23.9. The Bertz CT molecular complexity index is 1320. The molecule has 9 atom stereocenters. The van der Waals surface area contributed by atoms with Gasteiger partial charge in [-0.05, 0) is 85.5 Å². The zero-order chi connectivity index (χ0) is 29.8. The first kappa shape index (κ1) is 29.0. The number of phenolic OH excluding ortho intramolecular Hbond substituents is 1. The Morgan fingerprint density at radius 1 is 1.14 bits per heavy atom. The van der Waals surface area contributed by atoms with Gasteiger partial charge >= 0.3 is 5.97 Å². The molecule has 1 amide bonds. The van der Waals surface area contributed by atoms with Gasteiger partial charge in [0.25, 0.3) is 0 Å². The first-order valence-corrected chi connectivity index (χ1v) is 15.1. The Balaban J connectivity index is 1.21. The van der Waals surface area contributed by atoms with Crippen LogP contribution in [0, 0.1) is 34.5 Å². The summed E-state index contributed by atoms with van der Waals surface area (Å²) in [7, 11) is 0. The SMILES string of the molecule is C[C@]12CCC(=O)C=C1CC[C@H]1[C@@H]3CC[C@H](C(CO)=NNC(=O)CC(CC(=O)O)c4ccc(O)cc4)[C@@]34CC(OC4O)[C@@H]12. The number of aliphatic hydroxyl groups is 2. The number of allylic oxidation sites excluding steroid dienone is 1. The van der Waals surface area contributed by atoms with Crippen molar-refractivity contribution in [3.05, 3.63) is 41.5 Å². The summed E-state index contributed by atoms with van der Waals surface area (Å²) >= 11 is 0. The smallest absolute Gasteiger partial charge is 0.303 e. The number of ketones is 1. The molecule has 2 bridgehead atoms. The maximum atomic E-state index is 12.9. The molecular weight excluding hydrogens is 540 g/mol. The second kappa shape index (κ2) is 10.9. The first-order valence-electron chi connectivity index (χ1n) is 15.1. The van der Waals surface area contributed by atoms with Crippen molar-refractivity contribution >= 4 is 23.4 Å². The van der Waals surface area contributed by atoms with E-state index < -0.39 is 29.5 Å². The number of rotatable bonds is 8. The van der Waals surface area contributed by atoms with E-state index in [1.165, 1.54) is 17.7 Å². The number of ether oxygens (including phenoxy) is 1. The van der Waals surface area contributed by atoms with Gasteiger partial charge in [0.15, 0.2) is 12.1 Å². The van der Waals surface area contributed by atoms with E-state index in [9.17, 15) is 34.8 Å². The number of benzene rings is 1. The van der Waals surface area contributed by atoms with Crippen LogP contribution in [0.3, 0.4) is 0 Å². The summed E-state index contributed by atoms with van der Waals surface area (Å²) < 4.78 is 6.34. The molecule has 42 heavy (non-hydrogen) atoms. The van der Waals surface area contributed by atoms with Gasteiger partial charge in [-0.25, -0.2) is 5.43 Å². The minimum Gasteiger partial charge on any atom is -0.508 e. The van der Waals surface area contributed by atoms with Gasteiger partial charge in [0.1, 0.15) is 5.75 Å². The van der Waals surface area contributed by atoms with E-state index >= 15 is 0 Å². The second-order valence-corrected chi connectivity index (χ2v) is 13.2. The summed E-state index contributed by atoms with van der Waals surface area (Å²) in [6, 6.07) is 6.10. The van der Waals surface area contributed by atoms with Gasteiger partial charge in [-0.3, -0.25) is 14.4 Å². The lowest BCUT2D eigenvalue weighted by Gasteiger charge is -2.57. The van der Waals surface area contributed by atoms with E-state index in [0.717, 1.165) is 25.7 Å². The summed E-state index contributed by atoms with van der Waals surface area (Å²) in [5, 5.41) is 45.2. The highest BCUT2D eigenvalue weighted by Crippen LogP contribution is 2.71. The second-order valence-electron chi connectivity index (χ2n) is 13.2. The van der Waals surface area contributed by atoms with Crippen molar-refractivity contribution in [2.24, 2.45) is 39.6 Å². The molecule has 3 saturated carbocycles. The van der Waals surface area contributed by atoms with Crippen molar-refractivity contribution in [3.63, 3.8) is 0 Å². The number of carboxylic acids is 1. The lowest BCUT2D eigenvalue weighted by atomic mass is 9.46. The monoisotopic (exact) mass is 580 g/mol. The van der Waals surface area contributed by atoms with Crippen molar-refractivity contribution < 1.29 is 39.5 Å². The molecule has 0 radical (unpaired) electrons. The molecule has 3 unspecified atom stereocenters. The Morgan fingerprint density at radius 3 is 2.62 bits per heavy atom. The molecular formula is C32H40N2O8. The molecule has 1 aromatic rings. The maximum Gasteiger partial charge on any atom is 0.303 e. The van der Waals surface area contributed by atoms with Crippen LogP contribution < -0.4 is 5.43 Å². The Morgan fingerprint density at radius 2 is 1.90 bits per heavy atom. The van der Waals surface area contributed by atoms with Gasteiger partial charge in [-0.2, -0.15) is 5.10 Å². The summed E-state index contributed by atoms with van der Waals surface area (Å²) in [5.41, 5.74) is 4.07. The first-order chi connectivity index (χ1) is 20.1. The van der Waals surface area contributed by atoms with Crippen molar-refractivity contribution in [2.75, 3.05) is 6.61 Å². The quantitative estimate of drug-likeness (QED) is 0.231. The molecule has 10 heteroatoms. The number of hydrazone groups is 1. The predicted octanol–water partition coefficient (Wildman–Crippen LogP) is 3.26. The third kappa shape index (κ3) is 4.68. The van der Waals surface area contributed by atoms with Crippen LogP contribution in [0.5, 0.6) is 5.75 Å². The number of phenols is 1. The number of carbonyl (C=O) groups is 3. The summed E-state index contributed by atoms with van der Waals surface area (Å²) in [6.45, 7) is 1.88. The molecule has 5 N–H and O–H groups in total. The molecule has 0 aromatic heterocycles. The fourth-order valence-corrected chi connectivity index (χ4v) is 9.60. The number of hydrogen-bond acceptors (Lipinski definition) is 8. The van der Waals surface area contributed by atoms with E-state index in [1.807, 2.05) is 6.08 Å². The Kier molecular flexibility index (Phi) is 7.52. The third-order valence-electron chi connectivity index (χ3n) is 11.4. The number of nitrogens with zero attached hydrogens (tertiary/aromatic N) is 1. The predicted molar refractivity (Wildman–Crippen MR) is 151 cm³/mol. The van der Waals surface area contributed by atoms with Crippen molar-refractivity contribution in [1.29, 1.82) is 0 Å². The van der Waals surface area contributed by atoms with Crippen LogP contribution in [0.4, 0.5) is 0 Å². The standard InChI is InChI=1S/C32H40N2O8/c1-31-11-10-21(37)14-19(31)4-7-22-23-8-9-24(32(23)15-26(29(22)31)42-30(32)41)25(16-35)33-34-27(38)12-18(13-28(39)40)17-2-5-20(36)6-3-17/h2-3,5-6,14,18,22-24,26,29-30,35-36,41H,4,7-13,15-16H2,1H3,(H,34,38)(H,39,40)/t18?,22-,23-,24+,26?,29+,30?,31-,32+/m0/s1. The molecule has 4 aliphatic carbocycles. The molecule has 4 fully saturated rings. The largest absolute Gasteiger partial charge is 0.508 e. The van der Waals surface area contributed by atoms with E-state index in [2.05, 4.69) is 17.5 Å². The highest BCUT2D eigenvalue weighted by Gasteiger charge is 2.71. The highest BCUT2D eigenvalue weighted by molar-refractivity contribution is 5.92. The lowest BCUT2D eigenvalue weighted by molar-refractivity contribution is -0.146. The summed E-state index contributed by atoms with van der Waals surface area (Å²) in [5.74, 6) is -1.43. The molecule has 5 aliphatic rings. The minimum atomic E-state index is -1.05.